The van der Waals surface area contributed by atoms with Gasteiger partial charge < -0.3 is 9.84 Å². The lowest BCUT2D eigenvalue weighted by molar-refractivity contribution is 0.0699. The van der Waals surface area contributed by atoms with Gasteiger partial charge in [0.1, 0.15) is 18.2 Å². The zero-order chi connectivity index (χ0) is 29.5. The number of aryl methyl sites for hydroxylation is 3. The van der Waals surface area contributed by atoms with Gasteiger partial charge in [-0.05, 0) is 83.7 Å². The van der Waals surface area contributed by atoms with Gasteiger partial charge in [0.2, 0.25) is 0 Å². The van der Waals surface area contributed by atoms with Gasteiger partial charge in [-0.15, -0.1) is 11.3 Å². The SMILES string of the molecule is Cc1cc(-c2cc(Cl)ccc2OCCn2c(C)nc3c(c2=O)C[C@@H](N2CCCC[C@@H]2C)CC3)c2scc(C(=O)O)c2n1. The second kappa shape index (κ2) is 11.8. The van der Waals surface area contributed by atoms with Crippen LogP contribution < -0.4 is 10.3 Å². The zero-order valence-electron chi connectivity index (χ0n) is 24.2. The molecule has 220 valence electrons. The van der Waals surface area contributed by atoms with Gasteiger partial charge in [0.05, 0.1) is 28.0 Å². The number of carboxylic acid groups (broad SMARTS) is 1. The lowest BCUT2D eigenvalue weighted by atomic mass is 9.88. The molecule has 4 aromatic rings. The molecule has 3 aromatic heterocycles. The number of nitrogens with zero attached hydrogens (tertiary/aromatic N) is 4. The highest BCUT2D eigenvalue weighted by atomic mass is 35.5. The van der Waals surface area contributed by atoms with Gasteiger partial charge in [-0.3, -0.25) is 19.2 Å². The lowest BCUT2D eigenvalue weighted by Gasteiger charge is -2.41. The Balaban J connectivity index is 1.25. The molecule has 1 aliphatic heterocycles. The number of hydrogen-bond acceptors (Lipinski definition) is 7. The van der Waals surface area contributed by atoms with Crippen molar-refractivity contribution in [1.29, 1.82) is 0 Å². The quantitative estimate of drug-likeness (QED) is 0.264. The van der Waals surface area contributed by atoms with Crippen LogP contribution in [0.1, 0.15) is 65.7 Å². The van der Waals surface area contributed by atoms with Crippen LogP contribution in [0.2, 0.25) is 5.02 Å². The first-order chi connectivity index (χ1) is 20.2. The number of rotatable bonds is 7. The fourth-order valence-corrected chi connectivity index (χ4v) is 7.78. The summed E-state index contributed by atoms with van der Waals surface area (Å²) in [6.07, 6.45) is 6.39. The van der Waals surface area contributed by atoms with E-state index in [0.29, 0.717) is 46.4 Å². The molecule has 0 saturated carbocycles. The van der Waals surface area contributed by atoms with Crippen LogP contribution in [0, 0.1) is 13.8 Å². The Labute approximate surface area is 253 Å². The van der Waals surface area contributed by atoms with E-state index in [9.17, 15) is 14.7 Å². The van der Waals surface area contributed by atoms with Gasteiger partial charge in [-0.1, -0.05) is 18.0 Å². The summed E-state index contributed by atoms with van der Waals surface area (Å²) in [5.74, 6) is 0.297. The maximum atomic E-state index is 13.7. The molecule has 8 nitrogen and oxygen atoms in total. The second-order valence-corrected chi connectivity index (χ2v) is 12.8. The minimum atomic E-state index is -1.01. The minimum Gasteiger partial charge on any atom is -0.491 e. The number of fused-ring (bicyclic) bond motifs is 2. The molecule has 0 amide bonds. The van der Waals surface area contributed by atoms with Crippen molar-refractivity contribution >= 4 is 39.1 Å². The summed E-state index contributed by atoms with van der Waals surface area (Å²) < 4.78 is 8.79. The van der Waals surface area contributed by atoms with E-state index in [1.54, 1.807) is 16.0 Å². The van der Waals surface area contributed by atoms with Gasteiger partial charge in [0, 0.05) is 44.9 Å². The number of hydrogen-bond donors (Lipinski definition) is 1. The summed E-state index contributed by atoms with van der Waals surface area (Å²) in [4.78, 5) is 37.5. The zero-order valence-corrected chi connectivity index (χ0v) is 25.7. The number of aromatic nitrogens is 3. The normalized spacial score (nSPS) is 19.1. The number of carboxylic acids is 1. The average Bonchev–Trinajstić information content (AvgIpc) is 3.39. The largest absolute Gasteiger partial charge is 0.491 e. The maximum Gasteiger partial charge on any atom is 0.338 e. The van der Waals surface area contributed by atoms with Crippen molar-refractivity contribution in [2.45, 2.75) is 77.9 Å². The Morgan fingerprint density at radius 3 is 2.79 bits per heavy atom. The van der Waals surface area contributed by atoms with E-state index >= 15 is 0 Å². The van der Waals surface area contributed by atoms with Gasteiger partial charge in [0.25, 0.3) is 5.56 Å². The van der Waals surface area contributed by atoms with Crippen LogP contribution in [-0.2, 0) is 19.4 Å². The Hall–Kier alpha value is -3.27. The molecule has 1 N–H and O–H groups in total. The van der Waals surface area contributed by atoms with E-state index in [4.69, 9.17) is 21.3 Å². The molecule has 4 heterocycles. The van der Waals surface area contributed by atoms with E-state index in [2.05, 4.69) is 16.8 Å². The maximum absolute atomic E-state index is 13.7. The third kappa shape index (κ3) is 5.45. The number of thiophene rings is 1. The first-order valence-corrected chi connectivity index (χ1v) is 15.9. The number of aromatic carboxylic acids is 1. The standard InChI is InChI=1S/C32H35ClN4O4S/c1-18-14-24(30-29(34-18)26(17-42-30)32(39)40)23-15-21(33)7-10-28(23)41-13-12-37-20(3)35-27-9-8-22(16-25(27)31(37)38)36-11-5-4-6-19(36)2/h7,10,14-15,17,19,22H,4-6,8-9,11-13,16H2,1-3H3,(H,39,40)/t19-,22-/m0/s1. The van der Waals surface area contributed by atoms with Crippen molar-refractivity contribution in [2.24, 2.45) is 0 Å². The van der Waals surface area contributed by atoms with Crippen LogP contribution >= 0.6 is 22.9 Å². The van der Waals surface area contributed by atoms with Gasteiger partial charge in [0.15, 0.2) is 0 Å². The number of halogens is 1. The summed E-state index contributed by atoms with van der Waals surface area (Å²) in [5, 5.41) is 11.8. The van der Waals surface area contributed by atoms with Crippen molar-refractivity contribution in [3.63, 3.8) is 0 Å². The van der Waals surface area contributed by atoms with Gasteiger partial charge in [-0.25, -0.2) is 9.78 Å². The number of ether oxygens (including phenoxy) is 1. The van der Waals surface area contributed by atoms with Crippen LogP contribution in [0.4, 0.5) is 0 Å². The van der Waals surface area contributed by atoms with Crippen molar-refractivity contribution in [1.82, 2.24) is 19.4 Å². The molecule has 1 aliphatic carbocycles. The fourth-order valence-electron chi connectivity index (χ4n) is 6.59. The fraction of sp³-hybridized carbons (Fsp3) is 0.438. The third-order valence-corrected chi connectivity index (χ3v) is 9.94. The summed E-state index contributed by atoms with van der Waals surface area (Å²) in [7, 11) is 0. The first kappa shape index (κ1) is 28.8. The smallest absolute Gasteiger partial charge is 0.338 e. The van der Waals surface area contributed by atoms with Crippen molar-refractivity contribution in [3.05, 3.63) is 73.4 Å². The van der Waals surface area contributed by atoms with Crippen LogP contribution in [0.3, 0.4) is 0 Å². The second-order valence-electron chi connectivity index (χ2n) is 11.5. The predicted molar refractivity (Wildman–Crippen MR) is 166 cm³/mol. The molecule has 0 unspecified atom stereocenters. The molecule has 42 heavy (non-hydrogen) atoms. The molecule has 1 saturated heterocycles. The molecule has 2 aliphatic rings. The van der Waals surface area contributed by atoms with Crippen molar-refractivity contribution in [3.8, 4) is 16.9 Å². The number of likely N-dealkylation sites (tertiary alicyclic amines) is 1. The molecule has 1 fully saturated rings. The molecule has 1 aromatic carbocycles. The van der Waals surface area contributed by atoms with E-state index in [1.165, 1.54) is 30.6 Å². The Morgan fingerprint density at radius 1 is 1.17 bits per heavy atom. The average molecular weight is 607 g/mol. The van der Waals surface area contributed by atoms with Crippen molar-refractivity contribution in [2.75, 3.05) is 13.2 Å². The number of pyridine rings is 1. The highest BCUT2D eigenvalue weighted by Crippen LogP contribution is 2.40. The molecule has 0 bridgehead atoms. The highest BCUT2D eigenvalue weighted by molar-refractivity contribution is 7.18. The Bertz CT molecular complexity index is 1730. The summed E-state index contributed by atoms with van der Waals surface area (Å²) in [6, 6.07) is 8.28. The summed E-state index contributed by atoms with van der Waals surface area (Å²) in [5.41, 5.74) is 4.73. The molecular formula is C32H35ClN4O4S. The van der Waals surface area contributed by atoms with Crippen LogP contribution in [0.5, 0.6) is 5.75 Å². The Morgan fingerprint density at radius 2 is 2.00 bits per heavy atom. The number of carbonyl (C=O) groups is 1. The first-order valence-electron chi connectivity index (χ1n) is 14.6. The molecule has 10 heteroatoms. The summed E-state index contributed by atoms with van der Waals surface area (Å²) >= 11 is 7.75. The molecule has 0 spiro atoms. The topological polar surface area (TPSA) is 97.6 Å². The van der Waals surface area contributed by atoms with E-state index < -0.39 is 5.97 Å². The van der Waals surface area contributed by atoms with Gasteiger partial charge in [-0.2, -0.15) is 0 Å². The molecule has 2 atom stereocenters. The minimum absolute atomic E-state index is 0.0399. The molecule has 0 radical (unpaired) electrons. The number of benzene rings is 1. The molecular weight excluding hydrogens is 572 g/mol. The number of piperidine rings is 1. The lowest BCUT2D eigenvalue weighted by Crippen LogP contribution is -2.48. The van der Waals surface area contributed by atoms with E-state index in [0.717, 1.165) is 52.9 Å². The van der Waals surface area contributed by atoms with Crippen molar-refractivity contribution < 1.29 is 14.6 Å². The highest BCUT2D eigenvalue weighted by Gasteiger charge is 2.31. The van der Waals surface area contributed by atoms with Gasteiger partial charge >= 0.3 is 5.97 Å². The molecule has 6 rings (SSSR count). The van der Waals surface area contributed by atoms with Crippen LogP contribution in [-0.4, -0.2) is 55.7 Å². The predicted octanol–water partition coefficient (Wildman–Crippen LogP) is 6.30. The van der Waals surface area contributed by atoms with Crippen LogP contribution in [0.15, 0.2) is 34.4 Å². The van der Waals surface area contributed by atoms with E-state index in [-0.39, 0.29) is 17.7 Å². The summed E-state index contributed by atoms with van der Waals surface area (Å²) in [6.45, 7) is 7.78. The third-order valence-electron chi connectivity index (χ3n) is 8.70. The Kier molecular flexibility index (Phi) is 8.09. The van der Waals surface area contributed by atoms with E-state index in [1.807, 2.05) is 32.0 Å². The van der Waals surface area contributed by atoms with Crippen LogP contribution in [0.25, 0.3) is 21.3 Å². The monoisotopic (exact) mass is 606 g/mol.